The van der Waals surface area contributed by atoms with Crippen molar-refractivity contribution in [1.82, 2.24) is 10.4 Å². The van der Waals surface area contributed by atoms with E-state index in [4.69, 9.17) is 10.5 Å². The van der Waals surface area contributed by atoms with Crippen LogP contribution < -0.4 is 15.9 Å². The highest BCUT2D eigenvalue weighted by molar-refractivity contribution is 7.17. The Morgan fingerprint density at radius 1 is 1.18 bits per heavy atom. The zero-order valence-electron chi connectivity index (χ0n) is 14.7. The van der Waals surface area contributed by atoms with Gasteiger partial charge in [0, 0.05) is 0 Å². The zero-order chi connectivity index (χ0) is 20.1. The second-order valence-corrected chi connectivity index (χ2v) is 6.66. The van der Waals surface area contributed by atoms with Crippen LogP contribution in [0.15, 0.2) is 53.6 Å². The van der Waals surface area contributed by atoms with Crippen molar-refractivity contribution in [3.8, 4) is 5.75 Å². The summed E-state index contributed by atoms with van der Waals surface area (Å²) in [5.74, 6) is -1.09. The summed E-state index contributed by atoms with van der Waals surface area (Å²) < 4.78 is 18.1. The minimum absolute atomic E-state index is 0.244. The number of benzene rings is 2. The van der Waals surface area contributed by atoms with Crippen LogP contribution in [-0.2, 0) is 0 Å². The summed E-state index contributed by atoms with van der Waals surface area (Å²) in [6, 6.07) is 11.6. The summed E-state index contributed by atoms with van der Waals surface area (Å²) in [5.41, 5.74) is 9.44. The smallest absolute Gasteiger partial charge is 0.343 e. The fourth-order valence-corrected chi connectivity index (χ4v) is 2.94. The summed E-state index contributed by atoms with van der Waals surface area (Å²) in [7, 11) is 0. The molecule has 0 spiro atoms. The van der Waals surface area contributed by atoms with Crippen molar-refractivity contribution in [3.63, 3.8) is 0 Å². The van der Waals surface area contributed by atoms with Crippen molar-refractivity contribution in [1.29, 1.82) is 0 Å². The number of hydrogen-bond acceptors (Lipinski definition) is 7. The highest BCUT2D eigenvalue weighted by atomic mass is 32.1. The first kappa shape index (κ1) is 19.2. The monoisotopic (exact) mass is 398 g/mol. The molecule has 0 aliphatic carbocycles. The Morgan fingerprint density at radius 2 is 1.86 bits per heavy atom. The molecular formula is C19H15FN4O3S. The summed E-state index contributed by atoms with van der Waals surface area (Å²) in [6.07, 6.45) is 1.45. The number of carbonyl (C=O) groups excluding carboxylic acids is 2. The van der Waals surface area contributed by atoms with Gasteiger partial charge in [0.2, 0.25) is 0 Å². The molecule has 0 unspecified atom stereocenters. The Kier molecular flexibility index (Phi) is 5.75. The maximum Gasteiger partial charge on any atom is 0.343 e. The second-order valence-electron chi connectivity index (χ2n) is 5.63. The van der Waals surface area contributed by atoms with Gasteiger partial charge in [0.25, 0.3) is 5.91 Å². The quantitative estimate of drug-likeness (QED) is 0.297. The number of nitrogens with two attached hydrogens (primary N) is 1. The molecule has 0 saturated carbocycles. The van der Waals surface area contributed by atoms with Gasteiger partial charge >= 0.3 is 5.97 Å². The lowest BCUT2D eigenvalue weighted by atomic mass is 10.2. The molecule has 28 heavy (non-hydrogen) atoms. The molecule has 142 valence electrons. The molecule has 0 bridgehead atoms. The predicted octanol–water partition coefficient (Wildman–Crippen LogP) is 3.16. The van der Waals surface area contributed by atoms with Crippen molar-refractivity contribution in [3.05, 3.63) is 76.0 Å². The number of amides is 1. The van der Waals surface area contributed by atoms with Gasteiger partial charge in [0.1, 0.15) is 16.4 Å². The number of hydrogen-bond donors (Lipinski definition) is 2. The number of nitrogens with one attached hydrogen (secondary N) is 1. The Hall–Kier alpha value is -3.59. The van der Waals surface area contributed by atoms with Gasteiger partial charge in [-0.15, -0.1) is 0 Å². The Morgan fingerprint density at radius 3 is 2.46 bits per heavy atom. The number of thiazole rings is 1. The molecule has 0 fully saturated rings. The van der Waals surface area contributed by atoms with E-state index in [2.05, 4.69) is 15.5 Å². The van der Waals surface area contributed by atoms with Gasteiger partial charge in [-0.2, -0.15) is 5.10 Å². The van der Waals surface area contributed by atoms with Crippen LogP contribution in [0.4, 0.5) is 9.52 Å². The lowest BCUT2D eigenvalue weighted by Crippen LogP contribution is -2.17. The molecule has 0 saturated heterocycles. The van der Waals surface area contributed by atoms with E-state index in [0.717, 1.165) is 11.3 Å². The van der Waals surface area contributed by atoms with Gasteiger partial charge in [0.05, 0.1) is 17.5 Å². The molecule has 7 nitrogen and oxygen atoms in total. The van der Waals surface area contributed by atoms with Gasteiger partial charge < -0.3 is 10.5 Å². The van der Waals surface area contributed by atoms with E-state index in [1.54, 1.807) is 31.2 Å². The lowest BCUT2D eigenvalue weighted by Gasteiger charge is -2.04. The van der Waals surface area contributed by atoms with E-state index in [-0.39, 0.29) is 5.56 Å². The van der Waals surface area contributed by atoms with Crippen molar-refractivity contribution in [2.75, 3.05) is 5.73 Å². The number of carbonyl (C=O) groups is 2. The highest BCUT2D eigenvalue weighted by Gasteiger charge is 2.13. The molecule has 3 N–H and O–H groups in total. The molecule has 0 aliphatic rings. The molecule has 3 aromatic rings. The van der Waals surface area contributed by atoms with E-state index in [1.165, 1.54) is 30.5 Å². The number of esters is 1. The largest absolute Gasteiger partial charge is 0.423 e. The molecule has 1 heterocycles. The normalized spacial score (nSPS) is 10.8. The number of anilines is 1. The van der Waals surface area contributed by atoms with E-state index in [0.29, 0.717) is 27.0 Å². The fourth-order valence-electron chi connectivity index (χ4n) is 2.22. The number of nitrogens with zero attached hydrogens (tertiary/aromatic N) is 2. The first-order chi connectivity index (χ1) is 13.4. The number of aromatic nitrogens is 1. The lowest BCUT2D eigenvalue weighted by molar-refractivity contribution is 0.0734. The number of rotatable bonds is 5. The molecule has 1 amide bonds. The molecule has 2 aromatic carbocycles. The number of halogens is 1. The molecule has 0 aliphatic heterocycles. The minimum atomic E-state index is -0.590. The predicted molar refractivity (Wildman–Crippen MR) is 104 cm³/mol. The fraction of sp³-hybridized carbons (Fsp3) is 0.0526. The summed E-state index contributed by atoms with van der Waals surface area (Å²) in [5, 5.41) is 4.20. The van der Waals surface area contributed by atoms with Gasteiger partial charge in [-0.1, -0.05) is 11.3 Å². The maximum absolute atomic E-state index is 12.9. The van der Waals surface area contributed by atoms with Gasteiger partial charge in [0.15, 0.2) is 5.13 Å². The van der Waals surface area contributed by atoms with Gasteiger partial charge in [-0.25, -0.2) is 19.6 Å². The van der Waals surface area contributed by atoms with Crippen LogP contribution in [0.3, 0.4) is 0 Å². The van der Waals surface area contributed by atoms with Gasteiger partial charge in [-0.3, -0.25) is 4.79 Å². The number of hydrazone groups is 1. The molecule has 0 atom stereocenters. The van der Waals surface area contributed by atoms with Crippen LogP contribution in [0.1, 0.15) is 31.3 Å². The van der Waals surface area contributed by atoms with E-state index in [9.17, 15) is 14.0 Å². The first-order valence-electron chi connectivity index (χ1n) is 8.06. The molecule has 0 radical (unpaired) electrons. The first-order valence-corrected chi connectivity index (χ1v) is 8.88. The third kappa shape index (κ3) is 4.77. The summed E-state index contributed by atoms with van der Waals surface area (Å²) >= 11 is 1.09. The number of nitrogen functional groups attached to an aromatic ring is 1. The molecule has 3 rings (SSSR count). The van der Waals surface area contributed by atoms with Crippen molar-refractivity contribution in [2.45, 2.75) is 6.92 Å². The third-order valence-electron chi connectivity index (χ3n) is 3.57. The zero-order valence-corrected chi connectivity index (χ0v) is 15.5. The topological polar surface area (TPSA) is 107 Å². The van der Waals surface area contributed by atoms with Crippen LogP contribution in [0, 0.1) is 12.7 Å². The average molecular weight is 398 g/mol. The van der Waals surface area contributed by atoms with E-state index in [1.807, 2.05) is 0 Å². The summed E-state index contributed by atoms with van der Waals surface area (Å²) in [6.45, 7) is 1.69. The summed E-state index contributed by atoms with van der Waals surface area (Å²) in [4.78, 5) is 28.4. The molecule has 1 aromatic heterocycles. The highest BCUT2D eigenvalue weighted by Crippen LogP contribution is 2.19. The standard InChI is InChI=1S/C19H15FN4O3S/c1-11-16(28-19(21)23-11)17(25)24-22-10-12-2-8-15(9-3-12)27-18(26)13-4-6-14(20)7-5-13/h2-10H,1H3,(H2,21,23)(H,24,25)/b22-10-. The number of aryl methyl sites for hydroxylation is 1. The minimum Gasteiger partial charge on any atom is -0.423 e. The van der Waals surface area contributed by atoms with Crippen molar-refractivity contribution >= 4 is 34.6 Å². The van der Waals surface area contributed by atoms with Gasteiger partial charge in [-0.05, 0) is 61.0 Å². The van der Waals surface area contributed by atoms with Crippen LogP contribution in [-0.4, -0.2) is 23.1 Å². The van der Waals surface area contributed by atoms with E-state index >= 15 is 0 Å². The van der Waals surface area contributed by atoms with Crippen LogP contribution in [0.5, 0.6) is 5.75 Å². The number of ether oxygens (including phenoxy) is 1. The SMILES string of the molecule is Cc1nc(N)sc1C(=O)N/N=C\c1ccc(OC(=O)c2ccc(F)cc2)cc1. The Bertz CT molecular complexity index is 1030. The average Bonchev–Trinajstić information content (AvgIpc) is 3.02. The third-order valence-corrected chi connectivity index (χ3v) is 4.56. The molecule has 9 heteroatoms. The molecular weight excluding hydrogens is 383 g/mol. The Balaban J connectivity index is 1.57. The van der Waals surface area contributed by atoms with Crippen LogP contribution >= 0.6 is 11.3 Å². The van der Waals surface area contributed by atoms with Crippen LogP contribution in [0.2, 0.25) is 0 Å². The maximum atomic E-state index is 12.9. The van der Waals surface area contributed by atoms with E-state index < -0.39 is 17.7 Å². The van der Waals surface area contributed by atoms with Crippen molar-refractivity contribution < 1.29 is 18.7 Å². The Labute approximate surface area is 163 Å². The second kappa shape index (κ2) is 8.40. The van der Waals surface area contributed by atoms with Crippen molar-refractivity contribution in [2.24, 2.45) is 5.10 Å². The van der Waals surface area contributed by atoms with Crippen LogP contribution in [0.25, 0.3) is 0 Å².